The van der Waals surface area contributed by atoms with Crippen molar-refractivity contribution in [2.24, 2.45) is 5.92 Å². The number of ketones is 1. The lowest BCUT2D eigenvalue weighted by Crippen LogP contribution is -2.24. The molecule has 1 aliphatic rings. The lowest BCUT2D eigenvalue weighted by atomic mass is 9.83. The Balaban J connectivity index is 2.37. The summed E-state index contributed by atoms with van der Waals surface area (Å²) in [6.07, 6.45) is 2.47. The fourth-order valence-corrected chi connectivity index (χ4v) is 2.45. The molecular formula is C8H15O4P. The Kier molecular flexibility index (Phi) is 3.65. The molecule has 0 aromatic rings. The first-order valence-corrected chi connectivity index (χ1v) is 6.30. The van der Waals surface area contributed by atoms with Gasteiger partial charge in [-0.1, -0.05) is 6.42 Å². The molecule has 0 spiro atoms. The topological polar surface area (TPSA) is 63.6 Å². The van der Waals surface area contributed by atoms with E-state index in [-0.39, 0.29) is 24.5 Å². The summed E-state index contributed by atoms with van der Waals surface area (Å²) in [5, 5.41) is 0. The Morgan fingerprint density at radius 2 is 2.23 bits per heavy atom. The predicted molar refractivity (Wildman–Crippen MR) is 48.7 cm³/mol. The maximum Gasteiger partial charge on any atom is 0.335 e. The van der Waals surface area contributed by atoms with E-state index in [1.807, 2.05) is 0 Å². The van der Waals surface area contributed by atoms with Crippen molar-refractivity contribution in [1.82, 2.24) is 0 Å². The van der Waals surface area contributed by atoms with E-state index < -0.39 is 7.60 Å². The highest BCUT2D eigenvalue weighted by Gasteiger charge is 2.31. The molecule has 0 heterocycles. The molecular weight excluding hydrogens is 191 g/mol. The highest BCUT2D eigenvalue weighted by atomic mass is 31.2. The van der Waals surface area contributed by atoms with Crippen molar-refractivity contribution in [3.8, 4) is 0 Å². The minimum absolute atomic E-state index is 0.0148. The first-order chi connectivity index (χ1) is 6.05. The standard InChI is InChI=1S/C8H15O4P/c1-2-12-13(10,11)6-8(9)7-4-3-5-7/h7H,2-6H2,1H3,(H,10,11). The van der Waals surface area contributed by atoms with Gasteiger partial charge in [0.1, 0.15) is 11.9 Å². The number of carbonyl (C=O) groups excluding carboxylic acids is 1. The smallest absolute Gasteiger partial charge is 0.324 e. The third-order valence-electron chi connectivity index (χ3n) is 2.25. The van der Waals surface area contributed by atoms with Crippen molar-refractivity contribution in [2.45, 2.75) is 26.2 Å². The molecule has 0 saturated heterocycles. The number of hydrogen-bond donors (Lipinski definition) is 1. The van der Waals surface area contributed by atoms with Gasteiger partial charge >= 0.3 is 7.60 Å². The lowest BCUT2D eigenvalue weighted by molar-refractivity contribution is -0.122. The molecule has 1 aliphatic carbocycles. The van der Waals surface area contributed by atoms with E-state index in [0.29, 0.717) is 0 Å². The van der Waals surface area contributed by atoms with Gasteiger partial charge in [0, 0.05) is 5.92 Å². The van der Waals surface area contributed by atoms with Crippen LogP contribution >= 0.6 is 7.60 Å². The quantitative estimate of drug-likeness (QED) is 0.693. The summed E-state index contributed by atoms with van der Waals surface area (Å²) in [5.74, 6) is -0.105. The zero-order valence-corrected chi connectivity index (χ0v) is 8.63. The van der Waals surface area contributed by atoms with Crippen LogP contribution < -0.4 is 0 Å². The second kappa shape index (κ2) is 4.36. The Hall–Kier alpha value is -0.180. The van der Waals surface area contributed by atoms with Gasteiger partial charge < -0.3 is 9.42 Å². The molecule has 0 aromatic heterocycles. The van der Waals surface area contributed by atoms with Crippen molar-refractivity contribution >= 4 is 13.4 Å². The molecule has 4 nitrogen and oxygen atoms in total. The van der Waals surface area contributed by atoms with Crippen molar-refractivity contribution < 1.29 is 18.8 Å². The summed E-state index contributed by atoms with van der Waals surface area (Å²) in [6.45, 7) is 1.81. The van der Waals surface area contributed by atoms with Crippen LogP contribution in [0.3, 0.4) is 0 Å². The van der Waals surface area contributed by atoms with Gasteiger partial charge in [-0.05, 0) is 19.8 Å². The van der Waals surface area contributed by atoms with Crippen LogP contribution in [-0.4, -0.2) is 23.4 Å². The van der Waals surface area contributed by atoms with Crippen molar-refractivity contribution in [3.63, 3.8) is 0 Å². The third kappa shape index (κ3) is 3.22. The van der Waals surface area contributed by atoms with Gasteiger partial charge in [0.15, 0.2) is 0 Å². The van der Waals surface area contributed by atoms with Gasteiger partial charge in [0.25, 0.3) is 0 Å². The number of rotatable bonds is 5. The molecule has 0 aromatic carbocycles. The van der Waals surface area contributed by atoms with Crippen LogP contribution in [0.15, 0.2) is 0 Å². The Bertz CT molecular complexity index is 234. The van der Waals surface area contributed by atoms with Crippen LogP contribution in [0.1, 0.15) is 26.2 Å². The van der Waals surface area contributed by atoms with Crippen LogP contribution in [-0.2, 0) is 13.9 Å². The SMILES string of the molecule is CCOP(=O)(O)CC(=O)C1CCC1. The Labute approximate surface area is 77.8 Å². The van der Waals surface area contributed by atoms with Crippen LogP contribution in [0.4, 0.5) is 0 Å². The average molecular weight is 206 g/mol. The van der Waals surface area contributed by atoms with Gasteiger partial charge in [-0.25, -0.2) is 0 Å². The van der Waals surface area contributed by atoms with Gasteiger partial charge in [-0.2, -0.15) is 0 Å². The Morgan fingerprint density at radius 1 is 1.62 bits per heavy atom. The molecule has 0 bridgehead atoms. The summed E-state index contributed by atoms with van der Waals surface area (Å²) in [6, 6.07) is 0. The van der Waals surface area contributed by atoms with E-state index in [0.717, 1.165) is 19.3 Å². The van der Waals surface area contributed by atoms with E-state index in [4.69, 9.17) is 4.89 Å². The number of carbonyl (C=O) groups is 1. The summed E-state index contributed by atoms with van der Waals surface area (Å²) in [4.78, 5) is 20.5. The largest absolute Gasteiger partial charge is 0.335 e. The molecule has 1 saturated carbocycles. The van der Waals surface area contributed by atoms with E-state index in [9.17, 15) is 9.36 Å². The molecule has 5 heteroatoms. The van der Waals surface area contributed by atoms with Gasteiger partial charge in [0.2, 0.25) is 0 Å². The van der Waals surface area contributed by atoms with Crippen molar-refractivity contribution in [3.05, 3.63) is 0 Å². The first kappa shape index (κ1) is 10.9. The van der Waals surface area contributed by atoms with E-state index in [1.165, 1.54) is 0 Å². The second-order valence-corrected chi connectivity index (χ2v) is 5.16. The zero-order valence-electron chi connectivity index (χ0n) is 7.73. The lowest BCUT2D eigenvalue weighted by Gasteiger charge is -2.24. The highest BCUT2D eigenvalue weighted by molar-refractivity contribution is 7.53. The summed E-state index contributed by atoms with van der Waals surface area (Å²) >= 11 is 0. The average Bonchev–Trinajstić information content (AvgIpc) is 1.79. The predicted octanol–water partition coefficient (Wildman–Crippen LogP) is 1.58. The fourth-order valence-electron chi connectivity index (χ4n) is 1.30. The number of hydrogen-bond acceptors (Lipinski definition) is 3. The molecule has 0 radical (unpaired) electrons. The monoisotopic (exact) mass is 206 g/mol. The van der Waals surface area contributed by atoms with Crippen molar-refractivity contribution in [2.75, 3.05) is 12.8 Å². The van der Waals surface area contributed by atoms with Crippen LogP contribution in [0, 0.1) is 5.92 Å². The summed E-state index contributed by atoms with van der Waals surface area (Å²) < 4.78 is 15.8. The van der Waals surface area contributed by atoms with Crippen LogP contribution in [0.5, 0.6) is 0 Å². The molecule has 1 N–H and O–H groups in total. The summed E-state index contributed by atoms with van der Waals surface area (Å²) in [7, 11) is -3.63. The normalized spacial score (nSPS) is 22.0. The maximum atomic E-state index is 11.3. The Morgan fingerprint density at radius 3 is 2.62 bits per heavy atom. The summed E-state index contributed by atoms with van der Waals surface area (Å²) in [5.41, 5.74) is 0. The first-order valence-electron chi connectivity index (χ1n) is 4.54. The van der Waals surface area contributed by atoms with E-state index in [1.54, 1.807) is 6.92 Å². The van der Waals surface area contributed by atoms with E-state index in [2.05, 4.69) is 4.52 Å². The molecule has 1 fully saturated rings. The third-order valence-corrected chi connectivity index (χ3v) is 3.62. The van der Waals surface area contributed by atoms with Crippen molar-refractivity contribution in [1.29, 1.82) is 0 Å². The molecule has 13 heavy (non-hydrogen) atoms. The zero-order chi connectivity index (χ0) is 9.90. The van der Waals surface area contributed by atoms with Gasteiger partial charge in [0.05, 0.1) is 6.61 Å². The molecule has 76 valence electrons. The van der Waals surface area contributed by atoms with Gasteiger partial charge in [-0.15, -0.1) is 0 Å². The fraction of sp³-hybridized carbons (Fsp3) is 0.875. The number of Topliss-reactive ketones (excluding diaryl/α,β-unsaturated/α-hetero) is 1. The molecule has 1 rings (SSSR count). The second-order valence-electron chi connectivity index (χ2n) is 3.31. The van der Waals surface area contributed by atoms with Gasteiger partial charge in [-0.3, -0.25) is 9.36 Å². The molecule has 1 atom stereocenters. The molecule has 0 aliphatic heterocycles. The van der Waals surface area contributed by atoms with Crippen LogP contribution in [0.2, 0.25) is 0 Å². The van der Waals surface area contributed by atoms with E-state index >= 15 is 0 Å². The minimum Gasteiger partial charge on any atom is -0.324 e. The molecule has 1 unspecified atom stereocenters. The highest BCUT2D eigenvalue weighted by Crippen LogP contribution is 2.43. The van der Waals surface area contributed by atoms with Crippen LogP contribution in [0.25, 0.3) is 0 Å². The maximum absolute atomic E-state index is 11.3. The molecule has 0 amide bonds. The minimum atomic E-state index is -3.63.